The highest BCUT2D eigenvalue weighted by molar-refractivity contribution is 7.26. The van der Waals surface area contributed by atoms with Crippen molar-refractivity contribution < 1.29 is 0 Å². The first kappa shape index (κ1) is 37.3. The van der Waals surface area contributed by atoms with Gasteiger partial charge in [-0.2, -0.15) is 0 Å². The molecule has 1 aliphatic heterocycles. The van der Waals surface area contributed by atoms with Gasteiger partial charge in [0, 0.05) is 45.0 Å². The number of benzene rings is 7. The lowest BCUT2D eigenvalue weighted by Gasteiger charge is -2.32. The van der Waals surface area contributed by atoms with Gasteiger partial charge in [-0.05, 0) is 85.7 Å². The molecular weight excluding hydrogens is 785 g/mol. The molecule has 2 aliphatic carbocycles. The summed E-state index contributed by atoms with van der Waals surface area (Å²) in [6, 6.07) is 63.1. The standard InChI is InChI=1S/C58H42N4S/c1-36-44-25-9-10-26-45(44)46-27-11-12-28-47(46)52(36)54-55-53(48-29-13-14-30-51(48)63-55)49-35-42(31-32-50(49)59-54)40-22-15-21-39(33-40)41-23-16-24-43(34-41)58-61-56(37-17-5-3-6-18-37)60-57(62(58)2)38-19-7-4-8-20-38/h3-36,44,57H,1-2H3. The Labute approximate surface area is 370 Å². The van der Waals surface area contributed by atoms with Gasteiger partial charge in [0.05, 0.1) is 15.9 Å². The smallest absolute Gasteiger partial charge is 0.159 e. The zero-order valence-electron chi connectivity index (χ0n) is 35.0. The van der Waals surface area contributed by atoms with Crippen molar-refractivity contribution in [2.75, 3.05) is 7.05 Å². The zero-order valence-corrected chi connectivity index (χ0v) is 35.8. The summed E-state index contributed by atoms with van der Waals surface area (Å²) in [4.78, 5) is 18.2. The molecule has 5 heteroatoms. The van der Waals surface area contributed by atoms with Crippen LogP contribution in [0, 0.1) is 11.8 Å². The van der Waals surface area contributed by atoms with E-state index in [0.717, 1.165) is 56.3 Å². The fraction of sp³-hybridized carbons (Fsp3) is 0.0862. The summed E-state index contributed by atoms with van der Waals surface area (Å²) in [7, 11) is 2.09. The van der Waals surface area contributed by atoms with Crippen LogP contribution in [0.15, 0.2) is 210 Å². The number of rotatable bonds is 6. The molecule has 3 atom stereocenters. The maximum Gasteiger partial charge on any atom is 0.159 e. The van der Waals surface area contributed by atoms with Gasteiger partial charge in [-0.1, -0.05) is 177 Å². The summed E-state index contributed by atoms with van der Waals surface area (Å²) < 4.78 is 2.54. The monoisotopic (exact) mass is 826 g/mol. The van der Waals surface area contributed by atoms with Crippen LogP contribution in [0.2, 0.25) is 0 Å². The van der Waals surface area contributed by atoms with Crippen LogP contribution in [0.1, 0.15) is 35.5 Å². The van der Waals surface area contributed by atoms with E-state index in [-0.39, 0.29) is 12.1 Å². The average Bonchev–Trinajstić information content (AvgIpc) is 3.75. The second-order valence-corrected chi connectivity index (χ2v) is 17.8. The van der Waals surface area contributed by atoms with Crippen LogP contribution in [0.5, 0.6) is 0 Å². The number of aliphatic imine (C=N–C) groups is 2. The largest absolute Gasteiger partial charge is 0.333 e. The van der Waals surface area contributed by atoms with E-state index in [1.807, 2.05) is 35.6 Å². The second-order valence-electron chi connectivity index (χ2n) is 16.8. The van der Waals surface area contributed by atoms with Crippen molar-refractivity contribution in [2.24, 2.45) is 21.8 Å². The number of fused-ring (bicyclic) bond motifs is 7. The van der Waals surface area contributed by atoms with Crippen molar-refractivity contribution in [3.8, 4) is 22.3 Å². The van der Waals surface area contributed by atoms with Crippen LogP contribution in [0.25, 0.3) is 64.5 Å². The van der Waals surface area contributed by atoms with E-state index < -0.39 is 0 Å². The fourth-order valence-electron chi connectivity index (χ4n) is 10.0. The third-order valence-electron chi connectivity index (χ3n) is 13.1. The molecule has 3 unspecified atom stereocenters. The van der Waals surface area contributed by atoms with E-state index in [1.165, 1.54) is 52.7 Å². The second kappa shape index (κ2) is 15.2. The summed E-state index contributed by atoms with van der Waals surface area (Å²) >= 11 is 1.87. The molecule has 0 bridgehead atoms. The Bertz CT molecular complexity index is 3560. The Morgan fingerprint density at radius 3 is 2.02 bits per heavy atom. The number of thiophene rings is 1. The Kier molecular flexibility index (Phi) is 8.98. The van der Waals surface area contributed by atoms with E-state index in [9.17, 15) is 0 Å². The predicted octanol–water partition coefficient (Wildman–Crippen LogP) is 12.5. The van der Waals surface area contributed by atoms with Gasteiger partial charge in [0.1, 0.15) is 12.0 Å². The Hall–Kier alpha value is -7.47. The number of allylic oxidation sites excluding steroid dienone is 4. The Morgan fingerprint density at radius 2 is 1.22 bits per heavy atom. The number of hydrogen-bond acceptors (Lipinski definition) is 5. The number of pyridine rings is 1. The van der Waals surface area contributed by atoms with Gasteiger partial charge < -0.3 is 4.90 Å². The highest BCUT2D eigenvalue weighted by atomic mass is 32.1. The molecule has 0 saturated carbocycles. The third-order valence-corrected chi connectivity index (χ3v) is 14.3. The van der Waals surface area contributed by atoms with Gasteiger partial charge in [-0.15, -0.1) is 11.3 Å². The third kappa shape index (κ3) is 6.30. The lowest BCUT2D eigenvalue weighted by molar-refractivity contribution is 0.383. The van der Waals surface area contributed by atoms with Crippen molar-refractivity contribution in [2.45, 2.75) is 13.1 Å². The van der Waals surface area contributed by atoms with Crippen molar-refractivity contribution >= 4 is 65.2 Å². The highest BCUT2D eigenvalue weighted by Crippen LogP contribution is 2.45. The molecule has 300 valence electrons. The van der Waals surface area contributed by atoms with Crippen LogP contribution in [-0.4, -0.2) is 28.6 Å². The fourth-order valence-corrected chi connectivity index (χ4v) is 11.2. The maximum absolute atomic E-state index is 5.62. The molecule has 0 N–H and O–H groups in total. The van der Waals surface area contributed by atoms with E-state index in [0.29, 0.717) is 5.92 Å². The van der Waals surface area contributed by atoms with Gasteiger partial charge >= 0.3 is 0 Å². The lowest BCUT2D eigenvalue weighted by Crippen LogP contribution is -2.39. The molecule has 0 spiro atoms. The Balaban J connectivity index is 0.969. The number of amidine groups is 2. The van der Waals surface area contributed by atoms with Crippen molar-refractivity contribution in [1.29, 1.82) is 0 Å². The summed E-state index contributed by atoms with van der Waals surface area (Å²) in [5.41, 5.74) is 12.6. The molecule has 12 rings (SSSR count). The van der Waals surface area contributed by atoms with Crippen molar-refractivity contribution in [1.82, 2.24) is 9.88 Å². The maximum atomic E-state index is 5.62. The van der Waals surface area contributed by atoms with E-state index in [2.05, 4.69) is 195 Å². The summed E-state index contributed by atoms with van der Waals surface area (Å²) in [5, 5.41) is 6.36. The SMILES string of the molecule is CC1C(c2nc3ccc(-c4cccc(-c5cccc(C6=NC(c7ccccc7)=NC(c7ccccc7)N6C)c5)c4)cc3c3c2sc2ccccc23)=c2ccccc2=C2C=CC=CC21. The molecule has 0 fully saturated rings. The minimum atomic E-state index is -0.204. The Morgan fingerprint density at radius 1 is 0.571 bits per heavy atom. The number of hydrogen-bond donors (Lipinski definition) is 0. The van der Waals surface area contributed by atoms with Crippen LogP contribution in [0.3, 0.4) is 0 Å². The first-order valence-corrected chi connectivity index (χ1v) is 22.5. The van der Waals surface area contributed by atoms with E-state index in [1.54, 1.807) is 0 Å². The molecule has 63 heavy (non-hydrogen) atoms. The highest BCUT2D eigenvalue weighted by Gasteiger charge is 2.31. The zero-order chi connectivity index (χ0) is 42.0. The molecule has 3 aliphatic rings. The average molecular weight is 827 g/mol. The predicted molar refractivity (Wildman–Crippen MR) is 265 cm³/mol. The lowest BCUT2D eigenvalue weighted by atomic mass is 9.74. The molecule has 4 nitrogen and oxygen atoms in total. The molecule has 2 aromatic heterocycles. The summed E-state index contributed by atoms with van der Waals surface area (Å²) in [6.45, 7) is 2.38. The minimum Gasteiger partial charge on any atom is -0.333 e. The molecular formula is C58H42N4S. The van der Waals surface area contributed by atoms with Crippen LogP contribution in [-0.2, 0) is 0 Å². The van der Waals surface area contributed by atoms with Crippen LogP contribution >= 0.6 is 11.3 Å². The van der Waals surface area contributed by atoms with Gasteiger partial charge in [-0.3, -0.25) is 0 Å². The van der Waals surface area contributed by atoms with Gasteiger partial charge in [0.25, 0.3) is 0 Å². The summed E-state index contributed by atoms with van der Waals surface area (Å²) in [6.07, 6.45) is 8.84. The van der Waals surface area contributed by atoms with Crippen molar-refractivity contribution in [3.63, 3.8) is 0 Å². The quantitative estimate of drug-likeness (QED) is 0.168. The molecule has 0 amide bonds. The van der Waals surface area contributed by atoms with E-state index in [4.69, 9.17) is 15.0 Å². The first-order valence-electron chi connectivity index (χ1n) is 21.7. The van der Waals surface area contributed by atoms with Gasteiger partial charge in [-0.25, -0.2) is 15.0 Å². The summed E-state index contributed by atoms with van der Waals surface area (Å²) in [5.74, 6) is 2.20. The number of aromatic nitrogens is 1. The first-order chi connectivity index (χ1) is 31.1. The van der Waals surface area contributed by atoms with Crippen LogP contribution in [0.4, 0.5) is 0 Å². The number of nitrogens with zero attached hydrogens (tertiary/aromatic N) is 4. The molecule has 7 aromatic carbocycles. The van der Waals surface area contributed by atoms with E-state index >= 15 is 0 Å². The van der Waals surface area contributed by atoms with Gasteiger partial charge in [0.2, 0.25) is 0 Å². The molecule has 9 aromatic rings. The van der Waals surface area contributed by atoms with Gasteiger partial charge in [0.15, 0.2) is 5.84 Å². The van der Waals surface area contributed by atoms with Crippen molar-refractivity contribution in [3.05, 3.63) is 233 Å². The molecule has 0 saturated heterocycles. The normalized spacial score (nSPS) is 18.1. The topological polar surface area (TPSA) is 40.9 Å². The molecule has 3 heterocycles. The molecule has 0 radical (unpaired) electrons. The minimum absolute atomic E-state index is 0.204. The van der Waals surface area contributed by atoms with Crippen LogP contribution < -0.4 is 10.4 Å².